The zero-order chi connectivity index (χ0) is 21.7. The number of ether oxygens (including phenoxy) is 1. The van der Waals surface area contributed by atoms with Gasteiger partial charge in [-0.1, -0.05) is 75.4 Å². The molecule has 0 heterocycles. The van der Waals surface area contributed by atoms with Crippen LogP contribution in [0.2, 0.25) is 0 Å². The van der Waals surface area contributed by atoms with Gasteiger partial charge in [-0.2, -0.15) is 0 Å². The fourth-order valence-electron chi connectivity index (χ4n) is 2.60. The maximum Gasteiger partial charge on any atom is 0.333 e. The first kappa shape index (κ1) is 22.8. The second kappa shape index (κ2) is 9.37. The monoisotopic (exact) mass is 415 g/mol. The van der Waals surface area contributed by atoms with Gasteiger partial charge < -0.3 is 4.74 Å². The minimum Gasteiger partial charge on any atom is -0.462 e. The van der Waals surface area contributed by atoms with E-state index in [2.05, 4.69) is 11.3 Å². The van der Waals surface area contributed by atoms with E-state index in [-0.39, 0.29) is 28.9 Å². The number of esters is 1. The SMILES string of the molecule is C=C(CC(NS(=O)(=O)c1ccc(C)cc1)c1ccccc1)C(=O)OCC(C)(C)C. The predicted molar refractivity (Wildman–Crippen MR) is 115 cm³/mol. The van der Waals surface area contributed by atoms with Crippen LogP contribution in [0.1, 0.15) is 44.4 Å². The molecule has 2 aromatic carbocycles. The lowest BCUT2D eigenvalue weighted by Gasteiger charge is -2.22. The van der Waals surface area contributed by atoms with Crippen molar-refractivity contribution in [2.75, 3.05) is 6.61 Å². The molecular formula is C23H29NO4S. The molecule has 0 fully saturated rings. The van der Waals surface area contributed by atoms with E-state index in [0.717, 1.165) is 11.1 Å². The van der Waals surface area contributed by atoms with Crippen LogP contribution < -0.4 is 4.72 Å². The first-order valence-corrected chi connectivity index (χ1v) is 10.9. The molecule has 1 unspecified atom stereocenters. The highest BCUT2D eigenvalue weighted by atomic mass is 32.2. The van der Waals surface area contributed by atoms with E-state index in [1.807, 2.05) is 58.0 Å². The molecule has 6 heteroatoms. The van der Waals surface area contributed by atoms with Gasteiger partial charge in [0.25, 0.3) is 0 Å². The summed E-state index contributed by atoms with van der Waals surface area (Å²) in [5.41, 5.74) is 1.77. The van der Waals surface area contributed by atoms with Crippen LogP contribution in [0.4, 0.5) is 0 Å². The topological polar surface area (TPSA) is 72.5 Å². The largest absolute Gasteiger partial charge is 0.462 e. The van der Waals surface area contributed by atoms with Crippen LogP contribution in [0.15, 0.2) is 71.6 Å². The third kappa shape index (κ3) is 7.15. The number of hydrogen-bond acceptors (Lipinski definition) is 4. The summed E-state index contributed by atoms with van der Waals surface area (Å²) in [5.74, 6) is -0.518. The van der Waals surface area contributed by atoms with E-state index >= 15 is 0 Å². The predicted octanol–water partition coefficient (Wildman–Crippen LogP) is 4.55. The standard InChI is InChI=1S/C23H29NO4S/c1-17-11-13-20(14-12-17)29(26,27)24-21(19-9-7-6-8-10-19)15-18(2)22(25)28-16-23(3,4)5/h6-14,21,24H,2,15-16H2,1,3-5H3. The Labute approximate surface area is 173 Å². The third-order valence-electron chi connectivity index (χ3n) is 4.21. The van der Waals surface area contributed by atoms with E-state index in [9.17, 15) is 13.2 Å². The normalized spacial score (nSPS) is 13.0. The molecule has 1 N–H and O–H groups in total. The molecule has 0 saturated heterocycles. The van der Waals surface area contributed by atoms with E-state index in [4.69, 9.17) is 4.74 Å². The van der Waals surface area contributed by atoms with Crippen LogP contribution in [-0.4, -0.2) is 21.0 Å². The lowest BCUT2D eigenvalue weighted by molar-refractivity contribution is -0.141. The molecule has 0 radical (unpaired) electrons. The minimum atomic E-state index is -3.77. The highest BCUT2D eigenvalue weighted by Crippen LogP contribution is 2.25. The molecular weight excluding hydrogens is 386 g/mol. The number of nitrogens with one attached hydrogen (secondary N) is 1. The van der Waals surface area contributed by atoms with Crippen LogP contribution in [0.5, 0.6) is 0 Å². The molecule has 0 aliphatic heterocycles. The van der Waals surface area contributed by atoms with Gasteiger partial charge in [0.1, 0.15) is 0 Å². The molecule has 0 spiro atoms. The van der Waals surface area contributed by atoms with Crippen molar-refractivity contribution in [3.63, 3.8) is 0 Å². The van der Waals surface area contributed by atoms with Crippen molar-refractivity contribution < 1.29 is 17.9 Å². The Balaban J connectivity index is 2.21. The molecule has 0 bridgehead atoms. The summed E-state index contributed by atoms with van der Waals surface area (Å²) in [4.78, 5) is 12.5. The van der Waals surface area contributed by atoms with Crippen LogP contribution in [0.3, 0.4) is 0 Å². The smallest absolute Gasteiger partial charge is 0.333 e. The number of hydrogen-bond donors (Lipinski definition) is 1. The van der Waals surface area contributed by atoms with Crippen LogP contribution in [-0.2, 0) is 19.6 Å². The van der Waals surface area contributed by atoms with Gasteiger partial charge in [0.05, 0.1) is 17.5 Å². The third-order valence-corrected chi connectivity index (χ3v) is 5.69. The number of carbonyl (C=O) groups is 1. The lowest BCUT2D eigenvalue weighted by Crippen LogP contribution is -2.30. The van der Waals surface area contributed by atoms with Gasteiger partial charge in [-0.15, -0.1) is 0 Å². The number of sulfonamides is 1. The summed E-state index contributed by atoms with van der Waals surface area (Å²) in [6.45, 7) is 11.9. The van der Waals surface area contributed by atoms with Crippen molar-refractivity contribution in [1.82, 2.24) is 4.72 Å². The molecule has 0 aliphatic rings. The lowest BCUT2D eigenvalue weighted by atomic mass is 9.98. The Morgan fingerprint density at radius 3 is 2.21 bits per heavy atom. The Morgan fingerprint density at radius 2 is 1.66 bits per heavy atom. The zero-order valence-corrected chi connectivity index (χ0v) is 18.3. The summed E-state index contributed by atoms with van der Waals surface area (Å²) in [7, 11) is -3.77. The average Bonchev–Trinajstić information content (AvgIpc) is 2.65. The molecule has 29 heavy (non-hydrogen) atoms. The van der Waals surface area contributed by atoms with Gasteiger partial charge in [0, 0.05) is 5.57 Å². The summed E-state index contributed by atoms with van der Waals surface area (Å²) < 4.78 is 33.8. The molecule has 2 aromatic rings. The van der Waals surface area contributed by atoms with Crippen molar-refractivity contribution in [2.45, 2.75) is 45.1 Å². The number of benzene rings is 2. The molecule has 5 nitrogen and oxygen atoms in total. The van der Waals surface area contributed by atoms with Gasteiger partial charge in [-0.25, -0.2) is 17.9 Å². The number of rotatable bonds is 8. The van der Waals surface area contributed by atoms with Crippen molar-refractivity contribution in [1.29, 1.82) is 0 Å². The van der Waals surface area contributed by atoms with Crippen molar-refractivity contribution in [3.05, 3.63) is 77.9 Å². The first-order chi connectivity index (χ1) is 13.5. The first-order valence-electron chi connectivity index (χ1n) is 9.47. The molecule has 0 aromatic heterocycles. The highest BCUT2D eigenvalue weighted by molar-refractivity contribution is 7.89. The summed E-state index contributed by atoms with van der Waals surface area (Å²) in [6, 6.07) is 15.1. The highest BCUT2D eigenvalue weighted by Gasteiger charge is 2.25. The summed E-state index contributed by atoms with van der Waals surface area (Å²) in [6.07, 6.45) is 0.109. The molecule has 0 saturated carbocycles. The van der Waals surface area contributed by atoms with Crippen LogP contribution >= 0.6 is 0 Å². The fraction of sp³-hybridized carbons (Fsp3) is 0.348. The minimum absolute atomic E-state index is 0.109. The zero-order valence-electron chi connectivity index (χ0n) is 17.4. The van der Waals surface area contributed by atoms with Crippen molar-refractivity contribution in [2.24, 2.45) is 5.41 Å². The fourth-order valence-corrected chi connectivity index (χ4v) is 3.82. The summed E-state index contributed by atoms with van der Waals surface area (Å²) in [5, 5.41) is 0. The second-order valence-corrected chi connectivity index (χ2v) is 10.1. The van der Waals surface area contributed by atoms with Gasteiger partial charge in [-0.3, -0.25) is 0 Å². The van der Waals surface area contributed by atoms with Crippen molar-refractivity contribution >= 4 is 16.0 Å². The van der Waals surface area contributed by atoms with E-state index < -0.39 is 22.0 Å². The van der Waals surface area contributed by atoms with E-state index in [1.54, 1.807) is 24.3 Å². The van der Waals surface area contributed by atoms with Crippen molar-refractivity contribution in [3.8, 4) is 0 Å². The number of carbonyl (C=O) groups excluding carboxylic acids is 1. The Hall–Kier alpha value is -2.44. The maximum absolute atomic E-state index is 12.9. The van der Waals surface area contributed by atoms with Gasteiger partial charge >= 0.3 is 5.97 Å². The number of aryl methyl sites for hydroxylation is 1. The van der Waals surface area contributed by atoms with Crippen LogP contribution in [0.25, 0.3) is 0 Å². The van der Waals surface area contributed by atoms with Gasteiger partial charge in [-0.05, 0) is 36.5 Å². The van der Waals surface area contributed by atoms with Gasteiger partial charge in [0.15, 0.2) is 0 Å². The molecule has 1 atom stereocenters. The van der Waals surface area contributed by atoms with E-state index in [0.29, 0.717) is 0 Å². The van der Waals surface area contributed by atoms with Crippen LogP contribution in [0, 0.1) is 12.3 Å². The molecule has 2 rings (SSSR count). The summed E-state index contributed by atoms with van der Waals surface area (Å²) >= 11 is 0. The van der Waals surface area contributed by atoms with Gasteiger partial charge in [0.2, 0.25) is 10.0 Å². The molecule has 0 amide bonds. The Bertz CT molecular complexity index is 943. The molecule has 156 valence electrons. The Kier molecular flexibility index (Phi) is 7.38. The second-order valence-electron chi connectivity index (χ2n) is 8.34. The molecule has 0 aliphatic carbocycles. The average molecular weight is 416 g/mol. The quantitative estimate of drug-likeness (QED) is 0.507. The maximum atomic E-state index is 12.9. The van der Waals surface area contributed by atoms with E-state index in [1.165, 1.54) is 0 Å². The Morgan fingerprint density at radius 1 is 1.07 bits per heavy atom.